The Balaban J connectivity index is 0.000000140. The first-order chi connectivity index (χ1) is 57.1. The molecule has 0 saturated heterocycles. The summed E-state index contributed by atoms with van der Waals surface area (Å²) in [7, 11) is 6.44. The first-order valence-corrected chi connectivity index (χ1v) is 38.5. The van der Waals surface area contributed by atoms with E-state index in [0.717, 1.165) is 67.2 Å². The van der Waals surface area contributed by atoms with E-state index in [1.54, 1.807) is 40.6 Å². The molecular formula is C112H92O5. The molecule has 0 N–H and O–H groups in total. The van der Waals surface area contributed by atoms with Crippen LogP contribution in [0.4, 0.5) is 0 Å². The van der Waals surface area contributed by atoms with Crippen molar-refractivity contribution in [3.8, 4) is 137 Å². The van der Waals surface area contributed by atoms with Gasteiger partial charge in [-0.1, -0.05) is 408 Å². The number of terminal acetylenes is 2. The van der Waals surface area contributed by atoms with Crippen LogP contribution in [-0.2, 0) is 4.79 Å². The smallest absolute Gasteiger partial charge is 0.195 e. The number of carbonyl (C=O) groups excluding carboxylic acids is 1. The van der Waals surface area contributed by atoms with E-state index < -0.39 is 0 Å². The Morgan fingerprint density at radius 3 is 0.564 bits per heavy atom. The summed E-state index contributed by atoms with van der Waals surface area (Å²) in [4.78, 5) is 14.0. The molecule has 0 aromatic heterocycles. The fourth-order valence-corrected chi connectivity index (χ4v) is 14.7. The number of ketones is 1. The molecule has 0 unspecified atom stereocenters. The predicted molar refractivity (Wildman–Crippen MR) is 492 cm³/mol. The summed E-state index contributed by atoms with van der Waals surface area (Å²) in [6.07, 6.45) is 10.6. The SMILES string of the molecule is C.C#Cc1cc(OC)c(C#C)cc1OC.COc1cc(C)c(OC)cc1C.O=C1C(c2ccccc2)=C(c2ccccc2)C(c2ccccc2)=C1c1ccccc1.c1ccc(-c2ccc(-c3ccccc3)c(-c3ccccc3)c2-c2ccccc2)cc1.c1ccc(-c2ccc(-c3ccccc3)c(-c3ccccc3)c2-c2ccccc2)cc1. The molecule has 17 rings (SSSR count). The van der Waals surface area contributed by atoms with E-state index in [1.165, 1.54) is 89.0 Å². The minimum atomic E-state index is 0. The number of hydrogen-bond donors (Lipinski definition) is 0. The average molecular weight is 1520 g/mol. The number of allylic oxidation sites excluding steroid dienone is 4. The zero-order chi connectivity index (χ0) is 80.4. The quantitative estimate of drug-likeness (QED) is 0.0903. The molecule has 0 saturated carbocycles. The van der Waals surface area contributed by atoms with Gasteiger partial charge in [0.2, 0.25) is 0 Å². The first kappa shape index (κ1) is 81.5. The first-order valence-electron chi connectivity index (χ1n) is 38.5. The topological polar surface area (TPSA) is 54.0 Å². The average Bonchev–Trinajstić information content (AvgIpc) is 1.57. The number of hydrogen-bond acceptors (Lipinski definition) is 5. The van der Waals surface area contributed by atoms with Gasteiger partial charge in [-0.15, -0.1) is 12.8 Å². The normalized spacial score (nSPS) is 11.0. The van der Waals surface area contributed by atoms with Crippen LogP contribution in [0.25, 0.3) is 111 Å². The van der Waals surface area contributed by atoms with Gasteiger partial charge in [0.1, 0.15) is 23.0 Å². The van der Waals surface area contributed by atoms with Gasteiger partial charge in [0, 0.05) is 34.4 Å². The lowest BCUT2D eigenvalue weighted by molar-refractivity contribution is -0.108. The molecule has 0 atom stereocenters. The zero-order valence-electron chi connectivity index (χ0n) is 66.0. The largest absolute Gasteiger partial charge is 0.496 e. The third-order valence-corrected chi connectivity index (χ3v) is 20.2. The summed E-state index contributed by atoms with van der Waals surface area (Å²) in [5, 5.41) is 0. The van der Waals surface area contributed by atoms with Gasteiger partial charge in [-0.2, -0.15) is 0 Å². The van der Waals surface area contributed by atoms with Gasteiger partial charge in [-0.3, -0.25) is 4.79 Å². The van der Waals surface area contributed by atoms with E-state index in [-0.39, 0.29) is 13.2 Å². The van der Waals surface area contributed by atoms with Crippen molar-refractivity contribution in [3.63, 3.8) is 0 Å². The monoisotopic (exact) mass is 1520 g/mol. The van der Waals surface area contributed by atoms with Gasteiger partial charge in [-0.25, -0.2) is 0 Å². The summed E-state index contributed by atoms with van der Waals surface area (Å²) >= 11 is 0. The molecule has 0 fully saturated rings. The maximum Gasteiger partial charge on any atom is 0.195 e. The molecule has 16 aromatic carbocycles. The molecule has 5 nitrogen and oxygen atoms in total. The van der Waals surface area contributed by atoms with Gasteiger partial charge in [0.25, 0.3) is 0 Å². The van der Waals surface area contributed by atoms with Crippen molar-refractivity contribution in [1.82, 2.24) is 0 Å². The van der Waals surface area contributed by atoms with Crippen LogP contribution in [0.15, 0.2) is 413 Å². The molecule has 0 aliphatic heterocycles. The standard InChI is InChI=1S/2C30H22.C29H20O.C12H10O2.C10H14O2.CH4/c2*1-5-13-23(14-6-1)27-21-22-28(24-15-7-2-8-16-24)30(26-19-11-4-12-20-26)29(27)25-17-9-3-10-18-25;30-29-27(23-17-9-3-10-18-23)25(21-13-5-1-6-14-21)26(22-15-7-2-8-16-22)28(29)24-19-11-4-12-20-24;1-5-9-7-12(14-4)10(6-2)8-11(9)13-3;1-7-5-10(12-4)8(2)6-9(7)11-3;/h2*1-22H;1-20H;1-2,7-8H,3-4H3;5-6H,1-4H3;1H4. The summed E-state index contributed by atoms with van der Waals surface area (Å²) in [6.45, 7) is 4.00. The fourth-order valence-electron chi connectivity index (χ4n) is 14.7. The van der Waals surface area contributed by atoms with E-state index in [1.807, 2.05) is 123 Å². The van der Waals surface area contributed by atoms with Crippen molar-refractivity contribution >= 4 is 28.1 Å². The number of aryl methyl sites for hydroxylation is 2. The molecule has 570 valence electrons. The number of rotatable bonds is 16. The fraction of sp³-hybridized carbons (Fsp3) is 0.0625. The zero-order valence-corrected chi connectivity index (χ0v) is 66.0. The number of carbonyl (C=O) groups is 1. The molecular weight excluding hydrogens is 1430 g/mol. The maximum absolute atomic E-state index is 14.0. The van der Waals surface area contributed by atoms with Crippen LogP contribution in [-0.4, -0.2) is 34.2 Å². The van der Waals surface area contributed by atoms with Gasteiger partial charge < -0.3 is 18.9 Å². The molecule has 16 aromatic rings. The van der Waals surface area contributed by atoms with Crippen molar-refractivity contribution in [1.29, 1.82) is 0 Å². The molecule has 0 heterocycles. The lowest BCUT2D eigenvalue weighted by Crippen LogP contribution is -2.01. The lowest BCUT2D eigenvalue weighted by Gasteiger charge is -2.20. The van der Waals surface area contributed by atoms with E-state index in [0.29, 0.717) is 22.6 Å². The predicted octanol–water partition coefficient (Wildman–Crippen LogP) is 28.1. The van der Waals surface area contributed by atoms with Crippen LogP contribution < -0.4 is 18.9 Å². The minimum Gasteiger partial charge on any atom is -0.496 e. The molecule has 0 spiro atoms. The Hall–Kier alpha value is -15.0. The molecule has 0 bridgehead atoms. The third-order valence-electron chi connectivity index (χ3n) is 20.2. The van der Waals surface area contributed by atoms with E-state index in [4.69, 9.17) is 31.8 Å². The highest BCUT2D eigenvalue weighted by atomic mass is 16.5. The second kappa shape index (κ2) is 40.5. The molecule has 1 aliphatic rings. The summed E-state index contributed by atoms with van der Waals surface area (Å²) in [5.74, 6) is 8.06. The maximum atomic E-state index is 14.0. The van der Waals surface area contributed by atoms with Crippen LogP contribution in [0.5, 0.6) is 23.0 Å². The molecule has 117 heavy (non-hydrogen) atoms. The Kier molecular flexibility index (Phi) is 28.2. The van der Waals surface area contributed by atoms with E-state index in [9.17, 15) is 4.79 Å². The minimum absolute atomic E-state index is 0. The van der Waals surface area contributed by atoms with Crippen LogP contribution >= 0.6 is 0 Å². The summed E-state index contributed by atoms with van der Waals surface area (Å²) in [5.41, 5.74) is 30.9. The van der Waals surface area contributed by atoms with Crippen molar-refractivity contribution in [2.24, 2.45) is 0 Å². The van der Waals surface area contributed by atoms with Gasteiger partial charge >= 0.3 is 0 Å². The summed E-state index contributed by atoms with van der Waals surface area (Å²) in [6, 6.07) is 143. The molecule has 5 heteroatoms. The molecule has 0 amide bonds. The molecule has 0 radical (unpaired) electrons. The van der Waals surface area contributed by atoms with Gasteiger partial charge in [-0.05, 0) is 148 Å². The summed E-state index contributed by atoms with van der Waals surface area (Å²) < 4.78 is 20.5. The van der Waals surface area contributed by atoms with Crippen molar-refractivity contribution in [2.45, 2.75) is 21.3 Å². The Bertz CT molecular complexity index is 5500. The Labute approximate surface area is 690 Å². The number of benzene rings is 16. The number of methoxy groups -OCH3 is 4. The van der Waals surface area contributed by atoms with Gasteiger partial charge in [0.05, 0.1) is 39.6 Å². The van der Waals surface area contributed by atoms with Crippen LogP contribution in [0.3, 0.4) is 0 Å². The van der Waals surface area contributed by atoms with E-state index >= 15 is 0 Å². The van der Waals surface area contributed by atoms with Crippen LogP contribution in [0, 0.1) is 38.5 Å². The second-order valence-corrected chi connectivity index (χ2v) is 27.4. The molecule has 1 aliphatic carbocycles. The lowest BCUT2D eigenvalue weighted by atomic mass is 9.83. The Morgan fingerprint density at radius 2 is 0.385 bits per heavy atom. The van der Waals surface area contributed by atoms with Crippen molar-refractivity contribution in [3.05, 3.63) is 457 Å². The van der Waals surface area contributed by atoms with Crippen LogP contribution in [0.1, 0.15) is 51.9 Å². The number of ether oxygens (including phenoxy) is 4. The third kappa shape index (κ3) is 19.2. The van der Waals surface area contributed by atoms with Crippen molar-refractivity contribution in [2.75, 3.05) is 28.4 Å². The van der Waals surface area contributed by atoms with Gasteiger partial charge in [0.15, 0.2) is 5.78 Å². The second-order valence-electron chi connectivity index (χ2n) is 27.4. The highest BCUT2D eigenvalue weighted by Gasteiger charge is 2.35. The van der Waals surface area contributed by atoms with Crippen LogP contribution in [0.2, 0.25) is 0 Å². The highest BCUT2D eigenvalue weighted by molar-refractivity contribution is 6.59. The highest BCUT2D eigenvalue weighted by Crippen LogP contribution is 2.51. The number of Topliss-reactive ketones (excluding diaryl/α,β-unsaturated/α-hetero) is 1. The van der Waals surface area contributed by atoms with Crippen molar-refractivity contribution < 1.29 is 23.7 Å². The van der Waals surface area contributed by atoms with E-state index in [2.05, 4.69) is 303 Å². The Morgan fingerprint density at radius 1 is 0.214 bits per heavy atom.